The zero-order valence-corrected chi connectivity index (χ0v) is 15.4. The van der Waals surface area contributed by atoms with E-state index in [1.54, 1.807) is 6.07 Å². The van der Waals surface area contributed by atoms with Gasteiger partial charge >= 0.3 is 6.18 Å². The first-order valence-corrected chi connectivity index (χ1v) is 9.78. The van der Waals surface area contributed by atoms with E-state index in [0.29, 0.717) is 11.8 Å². The predicted octanol–water partition coefficient (Wildman–Crippen LogP) is 6.02. The van der Waals surface area contributed by atoms with E-state index < -0.39 is 11.7 Å². The van der Waals surface area contributed by atoms with Crippen LogP contribution in [-0.2, 0) is 6.18 Å². The van der Waals surface area contributed by atoms with Gasteiger partial charge in [0.1, 0.15) is 0 Å². The summed E-state index contributed by atoms with van der Waals surface area (Å²) in [6.45, 7) is 7.67. The Labute approximate surface area is 149 Å². The Hall–Kier alpha value is -1.03. The van der Waals surface area contributed by atoms with Gasteiger partial charge in [-0.1, -0.05) is 19.4 Å². The summed E-state index contributed by atoms with van der Waals surface area (Å²) in [5, 5.41) is 0. The van der Waals surface area contributed by atoms with E-state index in [1.807, 2.05) is 6.92 Å². The van der Waals surface area contributed by atoms with E-state index in [4.69, 9.17) is 0 Å². The highest BCUT2D eigenvalue weighted by atomic mass is 19.4. The summed E-state index contributed by atoms with van der Waals surface area (Å²) in [7, 11) is 0. The normalized spacial score (nSPS) is 28.4. The third-order valence-corrected chi connectivity index (χ3v) is 6.35. The van der Waals surface area contributed by atoms with E-state index in [1.165, 1.54) is 44.5 Å². The Morgan fingerprint density at radius 3 is 2.48 bits per heavy atom. The zero-order valence-electron chi connectivity index (χ0n) is 15.4. The minimum atomic E-state index is -4.26. The Morgan fingerprint density at radius 2 is 1.84 bits per heavy atom. The lowest BCUT2D eigenvalue weighted by Crippen LogP contribution is -2.32. The minimum absolute atomic E-state index is 0.272. The number of nitrogens with zero attached hydrogens (tertiary/aromatic N) is 1. The summed E-state index contributed by atoms with van der Waals surface area (Å²) in [4.78, 5) is 2.55. The van der Waals surface area contributed by atoms with Crippen molar-refractivity contribution in [1.29, 1.82) is 0 Å². The summed E-state index contributed by atoms with van der Waals surface area (Å²) in [6.07, 6.45) is 2.79. The molecule has 0 N–H and O–H groups in total. The molecule has 1 saturated carbocycles. The van der Waals surface area contributed by atoms with Crippen molar-refractivity contribution in [3.63, 3.8) is 0 Å². The van der Waals surface area contributed by atoms with Gasteiger partial charge in [0.2, 0.25) is 0 Å². The van der Waals surface area contributed by atoms with Crippen LogP contribution in [0.1, 0.15) is 68.1 Å². The smallest absolute Gasteiger partial charge is 0.303 e. The maximum absolute atomic E-state index is 13.2. The van der Waals surface area contributed by atoms with Crippen LogP contribution in [-0.4, -0.2) is 24.5 Å². The minimum Gasteiger partial charge on any atom is -0.303 e. The quantitative estimate of drug-likeness (QED) is 0.640. The number of rotatable bonds is 4. The second-order valence-electron chi connectivity index (χ2n) is 8.03. The van der Waals surface area contributed by atoms with Gasteiger partial charge in [-0.3, -0.25) is 0 Å². The molecule has 0 aromatic heterocycles. The molecule has 1 heterocycles. The molecule has 0 amide bonds. The zero-order chi connectivity index (χ0) is 18.0. The summed E-state index contributed by atoms with van der Waals surface area (Å²) < 4.78 is 39.6. The van der Waals surface area contributed by atoms with E-state index in [2.05, 4.69) is 11.8 Å². The molecule has 4 heteroatoms. The number of alkyl halides is 3. The Bertz CT molecular complexity index is 575. The summed E-state index contributed by atoms with van der Waals surface area (Å²) in [5.74, 6) is 1.41. The molecular weight excluding hydrogens is 323 g/mol. The second kappa shape index (κ2) is 7.69. The van der Waals surface area contributed by atoms with Gasteiger partial charge in [0.05, 0.1) is 5.56 Å². The SMILES string of the molecule is CCC1CCC(CN2CCCC2)CC1c1cc(C(F)(F)F)ccc1C. The van der Waals surface area contributed by atoms with Gasteiger partial charge in [-0.25, -0.2) is 0 Å². The van der Waals surface area contributed by atoms with Crippen molar-refractivity contribution in [2.45, 2.75) is 64.5 Å². The molecule has 3 rings (SSSR count). The Kier molecular flexibility index (Phi) is 5.77. The van der Waals surface area contributed by atoms with Crippen LogP contribution >= 0.6 is 0 Å². The first-order chi connectivity index (χ1) is 11.9. The van der Waals surface area contributed by atoms with Gasteiger partial charge in [0, 0.05) is 6.54 Å². The third-order valence-electron chi connectivity index (χ3n) is 6.35. The van der Waals surface area contributed by atoms with Crippen LogP contribution in [0.3, 0.4) is 0 Å². The molecule has 140 valence electrons. The molecule has 1 aromatic rings. The van der Waals surface area contributed by atoms with E-state index in [9.17, 15) is 13.2 Å². The van der Waals surface area contributed by atoms with Crippen molar-refractivity contribution in [1.82, 2.24) is 4.90 Å². The average Bonchev–Trinajstić information content (AvgIpc) is 3.07. The van der Waals surface area contributed by atoms with Crippen LogP contribution in [0.15, 0.2) is 18.2 Å². The Morgan fingerprint density at radius 1 is 1.12 bits per heavy atom. The number of benzene rings is 1. The van der Waals surface area contributed by atoms with Crippen LogP contribution in [0.4, 0.5) is 13.2 Å². The maximum Gasteiger partial charge on any atom is 0.416 e. The summed E-state index contributed by atoms with van der Waals surface area (Å²) in [6, 6.07) is 4.32. The summed E-state index contributed by atoms with van der Waals surface area (Å²) >= 11 is 0. The monoisotopic (exact) mass is 353 g/mol. The first-order valence-electron chi connectivity index (χ1n) is 9.78. The largest absolute Gasteiger partial charge is 0.416 e. The Balaban J connectivity index is 1.81. The van der Waals surface area contributed by atoms with Crippen LogP contribution in [0.5, 0.6) is 0 Å². The van der Waals surface area contributed by atoms with Gasteiger partial charge in [0.25, 0.3) is 0 Å². The van der Waals surface area contributed by atoms with Gasteiger partial charge in [-0.15, -0.1) is 0 Å². The van der Waals surface area contributed by atoms with E-state index >= 15 is 0 Å². The van der Waals surface area contributed by atoms with Crippen LogP contribution in [0.25, 0.3) is 0 Å². The van der Waals surface area contributed by atoms with Crippen LogP contribution in [0.2, 0.25) is 0 Å². The number of hydrogen-bond acceptors (Lipinski definition) is 1. The fourth-order valence-corrected chi connectivity index (χ4v) is 4.90. The first kappa shape index (κ1) is 18.8. The predicted molar refractivity (Wildman–Crippen MR) is 95.7 cm³/mol. The van der Waals surface area contributed by atoms with E-state index in [-0.39, 0.29) is 5.92 Å². The molecule has 1 aliphatic carbocycles. The molecule has 25 heavy (non-hydrogen) atoms. The molecule has 0 spiro atoms. The highest BCUT2D eigenvalue weighted by Crippen LogP contribution is 2.44. The fraction of sp³-hybridized carbons (Fsp3) is 0.714. The molecule has 0 bridgehead atoms. The standard InChI is InChI=1S/C21H30F3N/c1-3-17-8-7-16(14-25-10-4-5-11-25)12-20(17)19-13-18(21(22,23)24)9-6-15(19)2/h6,9,13,16-17,20H,3-5,7-8,10-12,14H2,1-2H3. The molecule has 1 aliphatic heterocycles. The highest BCUT2D eigenvalue weighted by molar-refractivity contribution is 5.36. The second-order valence-corrected chi connectivity index (χ2v) is 8.03. The van der Waals surface area contributed by atoms with Crippen molar-refractivity contribution >= 4 is 0 Å². The van der Waals surface area contributed by atoms with Crippen LogP contribution in [0, 0.1) is 18.8 Å². The van der Waals surface area contributed by atoms with Crippen molar-refractivity contribution in [3.8, 4) is 0 Å². The topological polar surface area (TPSA) is 3.24 Å². The number of likely N-dealkylation sites (tertiary alicyclic amines) is 1. The lowest BCUT2D eigenvalue weighted by atomic mass is 9.69. The van der Waals surface area contributed by atoms with Crippen molar-refractivity contribution in [2.24, 2.45) is 11.8 Å². The molecule has 1 aromatic carbocycles. The number of aryl methyl sites for hydroxylation is 1. The molecular formula is C21H30F3N. The summed E-state index contributed by atoms with van der Waals surface area (Å²) in [5.41, 5.74) is 1.45. The molecule has 0 radical (unpaired) electrons. The lowest BCUT2D eigenvalue weighted by molar-refractivity contribution is -0.137. The third kappa shape index (κ3) is 4.39. The van der Waals surface area contributed by atoms with Gasteiger partial charge in [-0.05, 0) is 93.1 Å². The number of hydrogen-bond donors (Lipinski definition) is 0. The van der Waals surface area contributed by atoms with Gasteiger partial charge in [-0.2, -0.15) is 13.2 Å². The molecule has 2 aliphatic rings. The van der Waals surface area contributed by atoms with Crippen molar-refractivity contribution in [2.75, 3.05) is 19.6 Å². The average molecular weight is 353 g/mol. The number of halogens is 3. The molecule has 2 fully saturated rings. The molecule has 3 atom stereocenters. The van der Waals surface area contributed by atoms with Gasteiger partial charge in [0.15, 0.2) is 0 Å². The van der Waals surface area contributed by atoms with Crippen LogP contribution < -0.4 is 0 Å². The lowest BCUT2D eigenvalue weighted by Gasteiger charge is -2.38. The van der Waals surface area contributed by atoms with Crippen molar-refractivity contribution < 1.29 is 13.2 Å². The fourth-order valence-electron chi connectivity index (χ4n) is 4.90. The van der Waals surface area contributed by atoms with Crippen molar-refractivity contribution in [3.05, 3.63) is 34.9 Å². The van der Waals surface area contributed by atoms with E-state index in [0.717, 1.165) is 36.9 Å². The highest BCUT2D eigenvalue weighted by Gasteiger charge is 2.35. The maximum atomic E-state index is 13.2. The molecule has 3 unspecified atom stereocenters. The molecule has 1 nitrogen and oxygen atoms in total. The van der Waals surface area contributed by atoms with Gasteiger partial charge < -0.3 is 4.90 Å². The molecule has 1 saturated heterocycles.